The molecule has 2 aromatic rings. The molecule has 0 aliphatic carbocycles. The molecule has 20 heavy (non-hydrogen) atoms. The van der Waals surface area contributed by atoms with Crippen LogP contribution in [0.2, 0.25) is 0 Å². The highest BCUT2D eigenvalue weighted by Gasteiger charge is 2.13. The average Bonchev–Trinajstić information content (AvgIpc) is 2.44. The van der Waals surface area contributed by atoms with Crippen LogP contribution < -0.4 is 5.32 Å². The van der Waals surface area contributed by atoms with Crippen LogP contribution in [0.3, 0.4) is 0 Å². The predicted octanol–water partition coefficient (Wildman–Crippen LogP) is 2.46. The summed E-state index contributed by atoms with van der Waals surface area (Å²) in [7, 11) is 0. The number of hydrogen-bond acceptors (Lipinski definition) is 4. The van der Waals surface area contributed by atoms with Crippen LogP contribution in [0.4, 0.5) is 10.1 Å². The van der Waals surface area contributed by atoms with Crippen LogP contribution in [0, 0.1) is 15.9 Å². The minimum atomic E-state index is -0.802. The zero-order valence-electron chi connectivity index (χ0n) is 10.8. The number of aromatic nitrogens is 1. The molecule has 0 amide bonds. The number of halogens is 1. The van der Waals surface area contributed by atoms with Crippen molar-refractivity contribution in [3.05, 3.63) is 69.8 Å². The highest BCUT2D eigenvalue weighted by molar-refractivity contribution is 5.34. The van der Waals surface area contributed by atoms with Gasteiger partial charge in [-0.15, -0.1) is 0 Å². The summed E-state index contributed by atoms with van der Waals surface area (Å²) in [5.74, 6) is -0.802. The standard InChI is InChI=1S/C14H14FN3O2/c15-13-9-12(1-2-14(13)18(19)20)10-17-8-5-11-3-6-16-7-4-11/h1-4,6-7,9,17H,5,8,10H2. The summed E-state index contributed by atoms with van der Waals surface area (Å²) in [4.78, 5) is 13.7. The maximum atomic E-state index is 13.4. The highest BCUT2D eigenvalue weighted by atomic mass is 19.1. The number of nitro groups is 1. The molecular formula is C14H14FN3O2. The molecule has 5 nitrogen and oxygen atoms in total. The Labute approximate surface area is 115 Å². The fraction of sp³-hybridized carbons (Fsp3) is 0.214. The Balaban J connectivity index is 1.83. The number of nitrogens with one attached hydrogen (secondary N) is 1. The summed E-state index contributed by atoms with van der Waals surface area (Å²) in [6.45, 7) is 1.21. The van der Waals surface area contributed by atoms with Gasteiger partial charge in [0.1, 0.15) is 0 Å². The lowest BCUT2D eigenvalue weighted by Crippen LogP contribution is -2.16. The third-order valence-corrected chi connectivity index (χ3v) is 2.88. The van der Waals surface area contributed by atoms with Crippen molar-refractivity contribution in [1.29, 1.82) is 0 Å². The molecule has 2 rings (SSSR count). The van der Waals surface area contributed by atoms with Gasteiger partial charge >= 0.3 is 5.69 Å². The molecule has 0 bridgehead atoms. The largest absolute Gasteiger partial charge is 0.312 e. The van der Waals surface area contributed by atoms with E-state index >= 15 is 0 Å². The van der Waals surface area contributed by atoms with Crippen molar-refractivity contribution < 1.29 is 9.31 Å². The second-order valence-electron chi connectivity index (χ2n) is 4.33. The molecule has 6 heteroatoms. The Kier molecular flexibility index (Phi) is 4.73. The van der Waals surface area contributed by atoms with Crippen LogP contribution in [0.1, 0.15) is 11.1 Å². The molecular weight excluding hydrogens is 261 g/mol. The van der Waals surface area contributed by atoms with Gasteiger partial charge in [-0.3, -0.25) is 15.1 Å². The quantitative estimate of drug-likeness (QED) is 0.499. The van der Waals surface area contributed by atoms with E-state index in [1.165, 1.54) is 17.7 Å². The SMILES string of the molecule is O=[N+]([O-])c1ccc(CNCCc2ccncc2)cc1F. The Hall–Kier alpha value is -2.34. The zero-order chi connectivity index (χ0) is 14.4. The fourth-order valence-electron chi connectivity index (χ4n) is 1.82. The lowest BCUT2D eigenvalue weighted by Gasteiger charge is -2.05. The lowest BCUT2D eigenvalue weighted by atomic mass is 10.2. The van der Waals surface area contributed by atoms with Gasteiger partial charge in [0.15, 0.2) is 0 Å². The maximum Gasteiger partial charge on any atom is 0.304 e. The first-order valence-electron chi connectivity index (χ1n) is 6.19. The first-order chi connectivity index (χ1) is 9.66. The molecule has 0 unspecified atom stereocenters. The van der Waals surface area contributed by atoms with E-state index in [2.05, 4.69) is 10.3 Å². The van der Waals surface area contributed by atoms with Crippen LogP contribution >= 0.6 is 0 Å². The maximum absolute atomic E-state index is 13.4. The summed E-state index contributed by atoms with van der Waals surface area (Å²) in [6, 6.07) is 7.81. The number of rotatable bonds is 6. The Bertz CT molecular complexity index is 590. The number of hydrogen-bond donors (Lipinski definition) is 1. The van der Waals surface area contributed by atoms with E-state index in [0.29, 0.717) is 12.1 Å². The van der Waals surface area contributed by atoms with E-state index in [-0.39, 0.29) is 0 Å². The van der Waals surface area contributed by atoms with Crippen molar-refractivity contribution in [3.8, 4) is 0 Å². The van der Waals surface area contributed by atoms with Gasteiger partial charge in [-0.2, -0.15) is 4.39 Å². The number of pyridine rings is 1. The first-order valence-corrected chi connectivity index (χ1v) is 6.19. The number of nitro benzene ring substituents is 1. The minimum Gasteiger partial charge on any atom is -0.312 e. The second-order valence-corrected chi connectivity index (χ2v) is 4.33. The van der Waals surface area contributed by atoms with Crippen molar-refractivity contribution in [1.82, 2.24) is 10.3 Å². The molecule has 0 aliphatic heterocycles. The molecule has 104 valence electrons. The molecule has 0 atom stereocenters. The molecule has 0 saturated heterocycles. The lowest BCUT2D eigenvalue weighted by molar-refractivity contribution is -0.387. The molecule has 0 fully saturated rings. The van der Waals surface area contributed by atoms with E-state index in [1.807, 2.05) is 12.1 Å². The Morgan fingerprint density at radius 2 is 1.95 bits per heavy atom. The number of benzene rings is 1. The first kappa shape index (κ1) is 14.1. The van der Waals surface area contributed by atoms with E-state index in [9.17, 15) is 14.5 Å². The van der Waals surface area contributed by atoms with Crippen LogP contribution in [-0.2, 0) is 13.0 Å². The van der Waals surface area contributed by atoms with Gasteiger partial charge in [0.25, 0.3) is 0 Å². The molecule has 1 N–H and O–H groups in total. The molecule has 0 spiro atoms. The van der Waals surface area contributed by atoms with Gasteiger partial charge in [-0.05, 0) is 42.3 Å². The highest BCUT2D eigenvalue weighted by Crippen LogP contribution is 2.17. The third-order valence-electron chi connectivity index (χ3n) is 2.88. The summed E-state index contributed by atoms with van der Waals surface area (Å²) in [6.07, 6.45) is 4.32. The topological polar surface area (TPSA) is 68.1 Å². The van der Waals surface area contributed by atoms with Crippen LogP contribution in [0.15, 0.2) is 42.7 Å². The van der Waals surface area contributed by atoms with E-state index in [1.54, 1.807) is 18.5 Å². The Morgan fingerprint density at radius 1 is 1.20 bits per heavy atom. The molecule has 1 aromatic heterocycles. The zero-order valence-corrected chi connectivity index (χ0v) is 10.8. The minimum absolute atomic E-state index is 0.472. The predicted molar refractivity (Wildman–Crippen MR) is 72.7 cm³/mol. The summed E-state index contributed by atoms with van der Waals surface area (Å²) in [5.41, 5.74) is 1.36. The van der Waals surface area contributed by atoms with E-state index in [0.717, 1.165) is 13.0 Å². The van der Waals surface area contributed by atoms with Crippen molar-refractivity contribution in [3.63, 3.8) is 0 Å². The third kappa shape index (κ3) is 3.83. The van der Waals surface area contributed by atoms with Gasteiger partial charge in [0.05, 0.1) is 4.92 Å². The molecule has 0 saturated carbocycles. The van der Waals surface area contributed by atoms with Crippen molar-refractivity contribution in [2.24, 2.45) is 0 Å². The van der Waals surface area contributed by atoms with Gasteiger partial charge in [0, 0.05) is 25.0 Å². The van der Waals surface area contributed by atoms with E-state index < -0.39 is 16.4 Å². The van der Waals surface area contributed by atoms with Crippen LogP contribution in [0.5, 0.6) is 0 Å². The molecule has 1 heterocycles. The summed E-state index contributed by atoms with van der Waals surface area (Å²) in [5, 5.41) is 13.7. The molecule has 0 radical (unpaired) electrons. The van der Waals surface area contributed by atoms with Crippen LogP contribution in [0.25, 0.3) is 0 Å². The van der Waals surface area contributed by atoms with E-state index in [4.69, 9.17) is 0 Å². The normalized spacial score (nSPS) is 10.4. The van der Waals surface area contributed by atoms with Crippen LogP contribution in [-0.4, -0.2) is 16.5 Å². The van der Waals surface area contributed by atoms with Crippen molar-refractivity contribution in [2.75, 3.05) is 6.54 Å². The second kappa shape index (κ2) is 6.72. The summed E-state index contributed by atoms with van der Waals surface area (Å²) >= 11 is 0. The van der Waals surface area contributed by atoms with Gasteiger partial charge in [-0.1, -0.05) is 6.07 Å². The number of nitrogens with zero attached hydrogens (tertiary/aromatic N) is 2. The molecule has 1 aromatic carbocycles. The smallest absolute Gasteiger partial charge is 0.304 e. The van der Waals surface area contributed by atoms with Gasteiger partial charge in [0.2, 0.25) is 5.82 Å². The average molecular weight is 275 g/mol. The summed E-state index contributed by atoms with van der Waals surface area (Å²) < 4.78 is 13.4. The van der Waals surface area contributed by atoms with Crippen molar-refractivity contribution >= 4 is 5.69 Å². The van der Waals surface area contributed by atoms with Crippen molar-refractivity contribution in [2.45, 2.75) is 13.0 Å². The monoisotopic (exact) mass is 275 g/mol. The molecule has 0 aliphatic rings. The fourth-order valence-corrected chi connectivity index (χ4v) is 1.82. The van der Waals surface area contributed by atoms with Gasteiger partial charge < -0.3 is 5.32 Å². The Morgan fingerprint density at radius 3 is 2.60 bits per heavy atom. The van der Waals surface area contributed by atoms with Gasteiger partial charge in [-0.25, -0.2) is 0 Å².